The smallest absolute Gasteiger partial charge is 0.416 e. The molecule has 4 nitrogen and oxygen atoms in total. The summed E-state index contributed by atoms with van der Waals surface area (Å²) in [7, 11) is 0. The van der Waals surface area contributed by atoms with E-state index in [1.165, 1.54) is 24.1 Å². The molecule has 2 heterocycles. The number of nitrogens with zero attached hydrogens (tertiary/aromatic N) is 3. The first-order valence-electron chi connectivity index (χ1n) is 8.77. The summed E-state index contributed by atoms with van der Waals surface area (Å²) in [6.45, 7) is 2.01. The molecular weight excluding hydrogens is 399 g/mol. The van der Waals surface area contributed by atoms with E-state index >= 15 is 0 Å². The number of thioether (sulfide) groups is 1. The van der Waals surface area contributed by atoms with E-state index < -0.39 is 11.7 Å². The quantitative estimate of drug-likeness (QED) is 0.367. The van der Waals surface area contributed by atoms with Gasteiger partial charge in [-0.25, -0.2) is 0 Å². The van der Waals surface area contributed by atoms with Gasteiger partial charge in [0.25, 0.3) is 0 Å². The minimum absolute atomic E-state index is 0.322. The van der Waals surface area contributed by atoms with E-state index in [1.807, 2.05) is 25.1 Å². The highest BCUT2D eigenvalue weighted by molar-refractivity contribution is 7.98. The summed E-state index contributed by atoms with van der Waals surface area (Å²) < 4.78 is 46.7. The monoisotopic (exact) mass is 415 g/mol. The molecule has 29 heavy (non-hydrogen) atoms. The number of hydrogen-bond donors (Lipinski definition) is 0. The molecule has 0 saturated heterocycles. The van der Waals surface area contributed by atoms with Crippen LogP contribution in [0, 0.1) is 6.92 Å². The maximum absolute atomic E-state index is 13.2. The van der Waals surface area contributed by atoms with Crippen LogP contribution in [0.25, 0.3) is 17.3 Å². The van der Waals surface area contributed by atoms with Crippen molar-refractivity contribution in [1.82, 2.24) is 14.8 Å². The van der Waals surface area contributed by atoms with Crippen molar-refractivity contribution in [3.05, 3.63) is 83.6 Å². The molecule has 2 aromatic carbocycles. The Morgan fingerprint density at radius 2 is 1.83 bits per heavy atom. The SMILES string of the molecule is Cc1cccc(CSc2nnc(-c3ccco3)n2-c2cccc(C(F)(F)F)c2)c1. The van der Waals surface area contributed by atoms with Crippen LogP contribution < -0.4 is 0 Å². The zero-order valence-electron chi connectivity index (χ0n) is 15.3. The second kappa shape index (κ2) is 7.79. The molecule has 0 bridgehead atoms. The van der Waals surface area contributed by atoms with Crippen molar-refractivity contribution in [2.24, 2.45) is 0 Å². The zero-order valence-corrected chi connectivity index (χ0v) is 16.2. The van der Waals surface area contributed by atoms with Gasteiger partial charge in [-0.3, -0.25) is 4.57 Å². The van der Waals surface area contributed by atoms with Crippen molar-refractivity contribution >= 4 is 11.8 Å². The largest absolute Gasteiger partial charge is 0.461 e. The van der Waals surface area contributed by atoms with Crippen LogP contribution in [0.5, 0.6) is 0 Å². The van der Waals surface area contributed by atoms with Gasteiger partial charge < -0.3 is 4.42 Å². The molecule has 0 unspecified atom stereocenters. The van der Waals surface area contributed by atoms with Crippen molar-refractivity contribution < 1.29 is 17.6 Å². The molecule has 2 aromatic heterocycles. The topological polar surface area (TPSA) is 43.9 Å². The van der Waals surface area contributed by atoms with Gasteiger partial charge in [0.2, 0.25) is 5.82 Å². The van der Waals surface area contributed by atoms with Crippen LogP contribution >= 0.6 is 11.8 Å². The first-order valence-corrected chi connectivity index (χ1v) is 9.75. The molecule has 0 aliphatic heterocycles. The number of rotatable bonds is 5. The van der Waals surface area contributed by atoms with Crippen LogP contribution in [0.1, 0.15) is 16.7 Å². The van der Waals surface area contributed by atoms with E-state index in [0.717, 1.165) is 23.3 Å². The summed E-state index contributed by atoms with van der Waals surface area (Å²) in [5.74, 6) is 1.38. The van der Waals surface area contributed by atoms with Crippen LogP contribution in [-0.4, -0.2) is 14.8 Å². The molecule has 8 heteroatoms. The predicted octanol–water partition coefficient (Wildman–Crippen LogP) is 6.15. The zero-order chi connectivity index (χ0) is 20.4. The summed E-state index contributed by atoms with van der Waals surface area (Å²) in [6, 6.07) is 16.5. The maximum Gasteiger partial charge on any atom is 0.416 e. The molecule has 0 aliphatic rings. The Morgan fingerprint density at radius 3 is 2.55 bits per heavy atom. The van der Waals surface area contributed by atoms with Crippen molar-refractivity contribution in [3.63, 3.8) is 0 Å². The molecule has 0 fully saturated rings. The van der Waals surface area contributed by atoms with E-state index in [2.05, 4.69) is 16.3 Å². The molecular formula is C21H16F3N3OS. The van der Waals surface area contributed by atoms with Crippen LogP contribution in [0.2, 0.25) is 0 Å². The van der Waals surface area contributed by atoms with E-state index in [-0.39, 0.29) is 0 Å². The average molecular weight is 415 g/mol. The second-order valence-corrected chi connectivity index (χ2v) is 7.39. The lowest BCUT2D eigenvalue weighted by molar-refractivity contribution is -0.137. The summed E-state index contributed by atoms with van der Waals surface area (Å²) in [4.78, 5) is 0. The number of benzene rings is 2. The van der Waals surface area contributed by atoms with Gasteiger partial charge in [-0.05, 0) is 42.8 Å². The van der Waals surface area contributed by atoms with Crippen molar-refractivity contribution in [2.45, 2.75) is 24.0 Å². The fraction of sp³-hybridized carbons (Fsp3) is 0.143. The molecule has 148 valence electrons. The van der Waals surface area contributed by atoms with E-state index in [4.69, 9.17) is 4.42 Å². The third-order valence-corrected chi connectivity index (χ3v) is 5.26. The first-order chi connectivity index (χ1) is 13.9. The molecule has 0 atom stereocenters. The summed E-state index contributed by atoms with van der Waals surface area (Å²) in [5, 5.41) is 8.87. The maximum atomic E-state index is 13.2. The minimum Gasteiger partial charge on any atom is -0.461 e. The van der Waals surface area contributed by atoms with E-state index in [1.54, 1.807) is 22.8 Å². The lowest BCUT2D eigenvalue weighted by atomic mass is 10.2. The highest BCUT2D eigenvalue weighted by atomic mass is 32.2. The molecule has 0 aliphatic carbocycles. The molecule has 0 radical (unpaired) electrons. The number of furan rings is 1. The van der Waals surface area contributed by atoms with Gasteiger partial charge in [-0.2, -0.15) is 13.2 Å². The third-order valence-electron chi connectivity index (χ3n) is 4.26. The molecule has 0 spiro atoms. The Morgan fingerprint density at radius 1 is 1.00 bits per heavy atom. The highest BCUT2D eigenvalue weighted by Crippen LogP contribution is 2.34. The van der Waals surface area contributed by atoms with Gasteiger partial charge in [-0.1, -0.05) is 47.7 Å². The fourth-order valence-corrected chi connectivity index (χ4v) is 3.83. The number of halogens is 3. The lowest BCUT2D eigenvalue weighted by Gasteiger charge is -2.12. The third kappa shape index (κ3) is 4.22. The van der Waals surface area contributed by atoms with Gasteiger partial charge in [-0.15, -0.1) is 10.2 Å². The van der Waals surface area contributed by atoms with Crippen LogP contribution in [0.15, 0.2) is 76.5 Å². The molecule has 4 aromatic rings. The summed E-state index contributed by atoms with van der Waals surface area (Å²) in [5.41, 5.74) is 1.82. The number of aromatic nitrogens is 3. The predicted molar refractivity (Wildman–Crippen MR) is 105 cm³/mol. The minimum atomic E-state index is -4.44. The molecule has 4 rings (SSSR count). The van der Waals surface area contributed by atoms with Crippen molar-refractivity contribution in [1.29, 1.82) is 0 Å². The van der Waals surface area contributed by atoms with Crippen molar-refractivity contribution in [2.75, 3.05) is 0 Å². The Balaban J connectivity index is 1.75. The molecule has 0 N–H and O–H groups in total. The van der Waals surface area contributed by atoms with E-state index in [9.17, 15) is 13.2 Å². The summed E-state index contributed by atoms with van der Waals surface area (Å²) in [6.07, 6.45) is -2.95. The lowest BCUT2D eigenvalue weighted by Crippen LogP contribution is -2.07. The van der Waals surface area contributed by atoms with Crippen molar-refractivity contribution in [3.8, 4) is 17.3 Å². The fourth-order valence-electron chi connectivity index (χ4n) is 2.93. The summed E-state index contributed by atoms with van der Waals surface area (Å²) >= 11 is 1.40. The Hall–Kier alpha value is -3.00. The first kappa shape index (κ1) is 19.3. The van der Waals surface area contributed by atoms with Gasteiger partial charge in [0.05, 0.1) is 17.5 Å². The normalized spacial score (nSPS) is 11.7. The Labute approximate surface area is 169 Å². The average Bonchev–Trinajstić information content (AvgIpc) is 3.35. The standard InChI is InChI=1S/C21H16F3N3OS/c1-14-5-2-6-15(11-14)13-29-20-26-25-19(18-9-4-10-28-18)27(20)17-8-3-7-16(12-17)21(22,23)24/h2-12H,13H2,1H3. The van der Waals surface area contributed by atoms with Gasteiger partial charge in [0, 0.05) is 5.75 Å². The van der Waals surface area contributed by atoms with Crippen LogP contribution in [0.4, 0.5) is 13.2 Å². The van der Waals surface area contributed by atoms with Gasteiger partial charge in [0.1, 0.15) is 0 Å². The number of alkyl halides is 3. The van der Waals surface area contributed by atoms with Crippen LogP contribution in [-0.2, 0) is 11.9 Å². The molecule has 0 saturated carbocycles. The Kier molecular flexibility index (Phi) is 5.19. The number of aryl methyl sites for hydroxylation is 1. The highest BCUT2D eigenvalue weighted by Gasteiger charge is 2.31. The van der Waals surface area contributed by atoms with Gasteiger partial charge in [0.15, 0.2) is 10.9 Å². The number of hydrogen-bond acceptors (Lipinski definition) is 4. The van der Waals surface area contributed by atoms with Crippen LogP contribution in [0.3, 0.4) is 0 Å². The Bertz CT molecular complexity index is 1120. The van der Waals surface area contributed by atoms with E-state index in [0.29, 0.717) is 28.2 Å². The molecule has 0 amide bonds. The van der Waals surface area contributed by atoms with Gasteiger partial charge >= 0.3 is 6.18 Å². The second-order valence-electron chi connectivity index (χ2n) is 6.44.